The Hall–Kier alpha value is -3.33. The highest BCUT2D eigenvalue weighted by molar-refractivity contribution is 9.10. The number of hydrogen-bond acceptors (Lipinski definition) is 6. The van der Waals surface area contributed by atoms with Crippen LogP contribution in [0.1, 0.15) is 21.6 Å². The number of carbonyl (C=O) groups is 1. The lowest BCUT2D eigenvalue weighted by molar-refractivity contribution is 0.0467. The highest BCUT2D eigenvalue weighted by Crippen LogP contribution is 2.21. The van der Waals surface area contributed by atoms with E-state index in [1.807, 2.05) is 13.0 Å². The summed E-state index contributed by atoms with van der Waals surface area (Å²) >= 11 is 3.38. The van der Waals surface area contributed by atoms with Gasteiger partial charge in [0.15, 0.2) is 0 Å². The largest absolute Gasteiger partial charge is 0.456 e. The lowest BCUT2D eigenvalue weighted by atomic mass is 10.2. The Labute approximate surface area is 167 Å². The van der Waals surface area contributed by atoms with Crippen molar-refractivity contribution in [3.63, 3.8) is 0 Å². The van der Waals surface area contributed by atoms with E-state index in [0.717, 1.165) is 10.0 Å². The van der Waals surface area contributed by atoms with Crippen LogP contribution in [-0.4, -0.2) is 30.1 Å². The van der Waals surface area contributed by atoms with Crippen LogP contribution in [0.5, 0.6) is 0 Å². The molecule has 0 saturated heterocycles. The first-order valence-corrected chi connectivity index (χ1v) is 9.12. The van der Waals surface area contributed by atoms with E-state index >= 15 is 0 Å². The van der Waals surface area contributed by atoms with Crippen LogP contribution in [-0.2, 0) is 11.3 Å². The van der Waals surface area contributed by atoms with Gasteiger partial charge in [0.2, 0.25) is 0 Å². The van der Waals surface area contributed by atoms with Gasteiger partial charge in [-0.1, -0.05) is 22.0 Å². The maximum absolute atomic E-state index is 12.7. The topological polar surface area (TPSA) is 91.4 Å². The van der Waals surface area contributed by atoms with Gasteiger partial charge in [0.05, 0.1) is 16.9 Å². The van der Waals surface area contributed by atoms with Crippen molar-refractivity contribution in [3.8, 4) is 5.69 Å². The number of esters is 1. The molecule has 0 bridgehead atoms. The molecule has 3 heterocycles. The molecule has 140 valence electrons. The van der Waals surface area contributed by atoms with Crippen LogP contribution < -0.4 is 5.56 Å². The molecule has 0 saturated carbocycles. The van der Waals surface area contributed by atoms with Gasteiger partial charge in [-0.3, -0.25) is 9.20 Å². The van der Waals surface area contributed by atoms with Crippen molar-refractivity contribution >= 4 is 27.5 Å². The Morgan fingerprint density at radius 2 is 2.11 bits per heavy atom. The second kappa shape index (κ2) is 7.35. The standard InChI is InChI=1S/C19H14BrN5O3/c1-12-3-2-6-24-17(26)8-14(23-18(12)24)9-28-19(27)15-5-4-13(20)7-16(15)25-11-21-10-22-25/h2-8,10-11H,9H2,1H3. The van der Waals surface area contributed by atoms with Crippen LogP contribution in [0.3, 0.4) is 0 Å². The van der Waals surface area contributed by atoms with E-state index in [9.17, 15) is 9.59 Å². The first kappa shape index (κ1) is 18.1. The molecule has 3 aromatic heterocycles. The Balaban J connectivity index is 1.62. The van der Waals surface area contributed by atoms with Gasteiger partial charge < -0.3 is 4.74 Å². The quantitative estimate of drug-likeness (QED) is 0.454. The van der Waals surface area contributed by atoms with Crippen molar-refractivity contribution < 1.29 is 9.53 Å². The SMILES string of the molecule is Cc1cccn2c(=O)cc(COC(=O)c3ccc(Br)cc3-n3cncn3)nc12. The number of halogens is 1. The number of nitrogens with zero attached hydrogens (tertiary/aromatic N) is 5. The number of hydrogen-bond donors (Lipinski definition) is 0. The summed E-state index contributed by atoms with van der Waals surface area (Å²) in [6.07, 6.45) is 4.53. The number of aromatic nitrogens is 5. The summed E-state index contributed by atoms with van der Waals surface area (Å²) in [4.78, 5) is 33.3. The fourth-order valence-corrected chi connectivity index (χ4v) is 3.15. The second-order valence-electron chi connectivity index (χ2n) is 6.05. The lowest BCUT2D eigenvalue weighted by Crippen LogP contribution is -2.17. The summed E-state index contributed by atoms with van der Waals surface area (Å²) in [6.45, 7) is 1.75. The highest BCUT2D eigenvalue weighted by atomic mass is 79.9. The van der Waals surface area contributed by atoms with Crippen molar-refractivity contribution in [2.75, 3.05) is 0 Å². The van der Waals surface area contributed by atoms with E-state index in [1.165, 1.54) is 27.8 Å². The van der Waals surface area contributed by atoms with Crippen LogP contribution in [0, 0.1) is 6.92 Å². The van der Waals surface area contributed by atoms with Crippen molar-refractivity contribution in [2.45, 2.75) is 13.5 Å². The second-order valence-corrected chi connectivity index (χ2v) is 6.96. The maximum Gasteiger partial charge on any atom is 0.340 e. The minimum absolute atomic E-state index is 0.119. The summed E-state index contributed by atoms with van der Waals surface area (Å²) in [5, 5.41) is 4.06. The molecule has 0 fully saturated rings. The predicted molar refractivity (Wildman–Crippen MR) is 104 cm³/mol. The Morgan fingerprint density at radius 1 is 1.25 bits per heavy atom. The third-order valence-electron chi connectivity index (χ3n) is 4.14. The van der Waals surface area contributed by atoms with Crippen LogP contribution >= 0.6 is 15.9 Å². The molecule has 0 radical (unpaired) electrons. The zero-order valence-electron chi connectivity index (χ0n) is 14.7. The molecule has 0 aliphatic carbocycles. The molecular formula is C19H14BrN5O3. The predicted octanol–water partition coefficient (Wildman–Crippen LogP) is 2.70. The Bertz CT molecular complexity index is 1230. The molecule has 8 nitrogen and oxygen atoms in total. The Morgan fingerprint density at radius 3 is 2.89 bits per heavy atom. The number of pyridine rings is 1. The number of aryl methyl sites for hydroxylation is 1. The van der Waals surface area contributed by atoms with Gasteiger partial charge in [0, 0.05) is 16.7 Å². The average molecular weight is 440 g/mol. The zero-order valence-corrected chi connectivity index (χ0v) is 16.3. The van der Waals surface area contributed by atoms with E-state index in [2.05, 4.69) is 31.0 Å². The maximum atomic E-state index is 12.7. The van der Waals surface area contributed by atoms with E-state index < -0.39 is 5.97 Å². The van der Waals surface area contributed by atoms with Crippen molar-refractivity contribution in [2.24, 2.45) is 0 Å². The number of fused-ring (bicyclic) bond motifs is 1. The Kier molecular flexibility index (Phi) is 4.74. The van der Waals surface area contributed by atoms with Crippen LogP contribution in [0.15, 0.2) is 64.5 Å². The molecule has 0 spiro atoms. The van der Waals surface area contributed by atoms with Gasteiger partial charge in [-0.2, -0.15) is 5.10 Å². The number of rotatable bonds is 4. The average Bonchev–Trinajstić information content (AvgIpc) is 3.21. The smallest absolute Gasteiger partial charge is 0.340 e. The molecule has 0 atom stereocenters. The molecule has 4 rings (SSSR count). The van der Waals surface area contributed by atoms with E-state index in [-0.39, 0.29) is 12.2 Å². The van der Waals surface area contributed by atoms with Gasteiger partial charge in [-0.15, -0.1) is 0 Å². The number of ether oxygens (including phenoxy) is 1. The van der Waals surface area contributed by atoms with E-state index in [4.69, 9.17) is 4.74 Å². The van der Waals surface area contributed by atoms with E-state index in [1.54, 1.807) is 30.5 Å². The van der Waals surface area contributed by atoms with Gasteiger partial charge in [0.1, 0.15) is 24.9 Å². The molecule has 28 heavy (non-hydrogen) atoms. The normalized spacial score (nSPS) is 10.9. The van der Waals surface area contributed by atoms with Crippen molar-refractivity contribution in [3.05, 3.63) is 86.9 Å². The molecule has 9 heteroatoms. The van der Waals surface area contributed by atoms with Crippen molar-refractivity contribution in [1.29, 1.82) is 0 Å². The fourth-order valence-electron chi connectivity index (χ4n) is 2.80. The van der Waals surface area contributed by atoms with Crippen LogP contribution in [0.25, 0.3) is 11.3 Å². The number of carbonyl (C=O) groups excluding carboxylic acids is 1. The molecule has 0 aliphatic heterocycles. The van der Waals surface area contributed by atoms with Crippen LogP contribution in [0.2, 0.25) is 0 Å². The van der Waals surface area contributed by atoms with Gasteiger partial charge >= 0.3 is 5.97 Å². The van der Waals surface area contributed by atoms with Gasteiger partial charge in [-0.25, -0.2) is 19.4 Å². The minimum atomic E-state index is -0.551. The summed E-state index contributed by atoms with van der Waals surface area (Å²) < 4.78 is 9.13. The summed E-state index contributed by atoms with van der Waals surface area (Å²) in [5.41, 5.74) is 2.39. The highest BCUT2D eigenvalue weighted by Gasteiger charge is 2.16. The molecular weight excluding hydrogens is 426 g/mol. The third-order valence-corrected chi connectivity index (χ3v) is 4.63. The van der Waals surface area contributed by atoms with E-state index in [0.29, 0.717) is 22.6 Å². The molecule has 0 amide bonds. The lowest BCUT2D eigenvalue weighted by Gasteiger charge is -2.10. The minimum Gasteiger partial charge on any atom is -0.456 e. The molecule has 4 aromatic rings. The summed E-state index contributed by atoms with van der Waals surface area (Å²) in [6, 6.07) is 10.1. The monoisotopic (exact) mass is 439 g/mol. The summed E-state index contributed by atoms with van der Waals surface area (Å²) in [5.74, 6) is -0.551. The molecule has 0 aliphatic rings. The van der Waals surface area contributed by atoms with Crippen LogP contribution in [0.4, 0.5) is 0 Å². The third kappa shape index (κ3) is 3.44. The fraction of sp³-hybridized carbons (Fsp3) is 0.105. The molecule has 0 N–H and O–H groups in total. The van der Waals surface area contributed by atoms with Gasteiger partial charge in [-0.05, 0) is 36.8 Å². The first-order chi connectivity index (χ1) is 13.5. The first-order valence-electron chi connectivity index (χ1n) is 8.32. The van der Waals surface area contributed by atoms with Gasteiger partial charge in [0.25, 0.3) is 5.56 Å². The zero-order chi connectivity index (χ0) is 19.7. The summed E-state index contributed by atoms with van der Waals surface area (Å²) in [7, 11) is 0. The molecule has 1 aromatic carbocycles. The number of benzene rings is 1. The van der Waals surface area contributed by atoms with Crippen molar-refractivity contribution in [1.82, 2.24) is 24.1 Å². The molecule has 0 unspecified atom stereocenters.